The third-order valence-electron chi connectivity index (χ3n) is 2.20. The van der Waals surface area contributed by atoms with Gasteiger partial charge in [0.1, 0.15) is 0 Å². The van der Waals surface area contributed by atoms with E-state index in [1.807, 2.05) is 6.08 Å². The largest absolute Gasteiger partial charge is 0.313 e. The van der Waals surface area contributed by atoms with Crippen molar-refractivity contribution >= 4 is 0 Å². The van der Waals surface area contributed by atoms with Crippen molar-refractivity contribution in [1.29, 1.82) is 0 Å². The molecule has 2 atom stereocenters. The molecule has 0 aromatic carbocycles. The van der Waals surface area contributed by atoms with E-state index < -0.39 is 0 Å². The fourth-order valence-electron chi connectivity index (χ4n) is 1.43. The first-order valence-electron chi connectivity index (χ1n) is 4.38. The maximum Gasteiger partial charge on any atom is 0.0740 e. The number of allylic oxidation sites excluding steroid dienone is 1. The van der Waals surface area contributed by atoms with E-state index in [-0.39, 0.29) is 6.17 Å². The molecule has 1 rings (SSSR count). The molecular weight excluding hydrogens is 136 g/mol. The lowest BCUT2D eigenvalue weighted by molar-refractivity contribution is 0.368. The number of rotatable bonds is 1. The summed E-state index contributed by atoms with van der Waals surface area (Å²) in [7, 11) is 0. The van der Waals surface area contributed by atoms with E-state index in [1.54, 1.807) is 0 Å². The first-order chi connectivity index (χ1) is 5.20. The van der Waals surface area contributed by atoms with Gasteiger partial charge in [0.2, 0.25) is 0 Å². The molecular formula is C9H18N2. The summed E-state index contributed by atoms with van der Waals surface area (Å²) in [6.45, 7) is 4.46. The molecule has 1 aliphatic heterocycles. The van der Waals surface area contributed by atoms with Gasteiger partial charge in [-0.1, -0.05) is 26.0 Å². The molecule has 1 aliphatic rings. The van der Waals surface area contributed by atoms with Crippen molar-refractivity contribution in [1.82, 2.24) is 5.32 Å². The molecule has 1 heterocycles. The van der Waals surface area contributed by atoms with Crippen LogP contribution < -0.4 is 11.1 Å². The Bertz CT molecular complexity index is 140. The second-order valence-electron chi connectivity index (χ2n) is 3.55. The zero-order valence-corrected chi connectivity index (χ0v) is 7.38. The summed E-state index contributed by atoms with van der Waals surface area (Å²) in [6, 6.07) is 0.583. The number of nitrogens with one attached hydrogen (secondary N) is 1. The van der Waals surface area contributed by atoms with Crippen LogP contribution in [0.25, 0.3) is 0 Å². The highest BCUT2D eigenvalue weighted by Crippen LogP contribution is 2.11. The summed E-state index contributed by atoms with van der Waals surface area (Å²) in [5.41, 5.74) is 5.76. The Morgan fingerprint density at radius 1 is 1.55 bits per heavy atom. The van der Waals surface area contributed by atoms with Gasteiger partial charge in [-0.05, 0) is 18.8 Å². The van der Waals surface area contributed by atoms with E-state index in [9.17, 15) is 0 Å². The Hall–Kier alpha value is -0.340. The monoisotopic (exact) mass is 154 g/mol. The van der Waals surface area contributed by atoms with Crippen LogP contribution in [-0.4, -0.2) is 12.2 Å². The molecule has 64 valence electrons. The van der Waals surface area contributed by atoms with Gasteiger partial charge in [-0.2, -0.15) is 0 Å². The maximum atomic E-state index is 5.76. The van der Waals surface area contributed by atoms with Gasteiger partial charge in [-0.3, -0.25) is 5.32 Å². The highest BCUT2D eigenvalue weighted by molar-refractivity contribution is 4.96. The Balaban J connectivity index is 2.45. The summed E-state index contributed by atoms with van der Waals surface area (Å²) < 4.78 is 0. The zero-order valence-electron chi connectivity index (χ0n) is 7.38. The van der Waals surface area contributed by atoms with Crippen LogP contribution in [0.5, 0.6) is 0 Å². The maximum absolute atomic E-state index is 5.76. The van der Waals surface area contributed by atoms with Gasteiger partial charge in [0, 0.05) is 6.04 Å². The molecule has 0 saturated carbocycles. The van der Waals surface area contributed by atoms with Crippen molar-refractivity contribution in [3.63, 3.8) is 0 Å². The van der Waals surface area contributed by atoms with E-state index in [2.05, 4.69) is 25.2 Å². The molecule has 3 N–H and O–H groups in total. The van der Waals surface area contributed by atoms with E-state index in [0.29, 0.717) is 12.0 Å². The summed E-state index contributed by atoms with van der Waals surface area (Å²) >= 11 is 0. The molecule has 0 aliphatic carbocycles. The first-order valence-corrected chi connectivity index (χ1v) is 4.38. The van der Waals surface area contributed by atoms with Crippen LogP contribution in [0.15, 0.2) is 12.2 Å². The number of nitrogens with two attached hydrogens (primary N) is 1. The minimum absolute atomic E-state index is 0.0601. The van der Waals surface area contributed by atoms with Crippen LogP contribution in [0, 0.1) is 5.92 Å². The lowest BCUT2D eigenvalue weighted by atomic mass is 10.00. The quantitative estimate of drug-likeness (QED) is 0.558. The molecule has 0 saturated heterocycles. The Morgan fingerprint density at radius 3 is 2.91 bits per heavy atom. The molecule has 0 aromatic heterocycles. The molecule has 2 nitrogen and oxygen atoms in total. The van der Waals surface area contributed by atoms with Gasteiger partial charge in [0.25, 0.3) is 0 Å². The SMILES string of the molecule is CC(C)C1CCC=CC(N)N1. The minimum Gasteiger partial charge on any atom is -0.313 e. The summed E-state index contributed by atoms with van der Waals surface area (Å²) in [5, 5.41) is 3.37. The normalized spacial score (nSPS) is 32.4. The van der Waals surface area contributed by atoms with Crippen molar-refractivity contribution in [2.24, 2.45) is 11.7 Å². The molecule has 0 spiro atoms. The van der Waals surface area contributed by atoms with Gasteiger partial charge in [-0.25, -0.2) is 0 Å². The predicted octanol–water partition coefficient (Wildman–Crippen LogP) is 1.24. The topological polar surface area (TPSA) is 38.0 Å². The summed E-state index contributed by atoms with van der Waals surface area (Å²) in [6.07, 6.45) is 6.64. The Kier molecular flexibility index (Phi) is 3.09. The van der Waals surface area contributed by atoms with E-state index in [1.165, 1.54) is 6.42 Å². The molecule has 2 unspecified atom stereocenters. The third-order valence-corrected chi connectivity index (χ3v) is 2.20. The predicted molar refractivity (Wildman–Crippen MR) is 48.1 cm³/mol. The highest BCUT2D eigenvalue weighted by atomic mass is 15.0. The van der Waals surface area contributed by atoms with Crippen molar-refractivity contribution in [3.05, 3.63) is 12.2 Å². The van der Waals surface area contributed by atoms with Crippen molar-refractivity contribution in [3.8, 4) is 0 Å². The van der Waals surface area contributed by atoms with Crippen LogP contribution in [0.4, 0.5) is 0 Å². The molecule has 0 radical (unpaired) electrons. The van der Waals surface area contributed by atoms with Crippen LogP contribution in [0.2, 0.25) is 0 Å². The third kappa shape index (κ3) is 2.64. The van der Waals surface area contributed by atoms with Gasteiger partial charge in [-0.15, -0.1) is 0 Å². The van der Waals surface area contributed by atoms with E-state index >= 15 is 0 Å². The fraction of sp³-hybridized carbons (Fsp3) is 0.778. The first kappa shape index (κ1) is 8.75. The smallest absolute Gasteiger partial charge is 0.0740 e. The summed E-state index contributed by atoms with van der Waals surface area (Å²) in [4.78, 5) is 0. The lowest BCUT2D eigenvalue weighted by Crippen LogP contribution is -2.44. The van der Waals surface area contributed by atoms with E-state index in [0.717, 1.165) is 6.42 Å². The highest BCUT2D eigenvalue weighted by Gasteiger charge is 2.15. The molecule has 0 bridgehead atoms. The molecule has 2 heteroatoms. The standard InChI is InChI=1S/C9H18N2/c1-7(2)8-5-3-4-6-9(10)11-8/h4,6-9,11H,3,5,10H2,1-2H3. The van der Waals surface area contributed by atoms with Crippen molar-refractivity contribution in [2.75, 3.05) is 0 Å². The Morgan fingerprint density at radius 2 is 2.27 bits per heavy atom. The average molecular weight is 154 g/mol. The molecule has 0 amide bonds. The second-order valence-corrected chi connectivity index (χ2v) is 3.55. The molecule has 0 fully saturated rings. The minimum atomic E-state index is 0.0601. The molecule has 0 aromatic rings. The van der Waals surface area contributed by atoms with Crippen LogP contribution >= 0.6 is 0 Å². The lowest BCUT2D eigenvalue weighted by Gasteiger charge is -2.22. The fourth-order valence-corrected chi connectivity index (χ4v) is 1.43. The van der Waals surface area contributed by atoms with Crippen LogP contribution in [0.1, 0.15) is 26.7 Å². The summed E-state index contributed by atoms with van der Waals surface area (Å²) in [5.74, 6) is 0.681. The number of hydrogen-bond acceptors (Lipinski definition) is 2. The van der Waals surface area contributed by atoms with Gasteiger partial charge >= 0.3 is 0 Å². The zero-order chi connectivity index (χ0) is 8.27. The van der Waals surface area contributed by atoms with E-state index in [4.69, 9.17) is 5.73 Å². The number of hydrogen-bond donors (Lipinski definition) is 2. The molecule has 11 heavy (non-hydrogen) atoms. The van der Waals surface area contributed by atoms with Crippen molar-refractivity contribution in [2.45, 2.75) is 38.9 Å². The van der Waals surface area contributed by atoms with Crippen LogP contribution in [0.3, 0.4) is 0 Å². The second kappa shape index (κ2) is 3.88. The van der Waals surface area contributed by atoms with Crippen molar-refractivity contribution < 1.29 is 0 Å². The van der Waals surface area contributed by atoms with Crippen LogP contribution in [-0.2, 0) is 0 Å². The van der Waals surface area contributed by atoms with Gasteiger partial charge in [0.05, 0.1) is 6.17 Å². The van der Waals surface area contributed by atoms with Gasteiger partial charge < -0.3 is 5.73 Å². The Labute approximate surface area is 68.9 Å². The van der Waals surface area contributed by atoms with Gasteiger partial charge in [0.15, 0.2) is 0 Å². The average Bonchev–Trinajstić information content (AvgIpc) is 2.13.